The van der Waals surface area contributed by atoms with Gasteiger partial charge in [0.25, 0.3) is 0 Å². The van der Waals surface area contributed by atoms with Gasteiger partial charge >= 0.3 is 6.01 Å². The first-order valence-electron chi connectivity index (χ1n) is 7.38. The van der Waals surface area contributed by atoms with Gasteiger partial charge < -0.3 is 14.9 Å². The molecule has 5 nitrogen and oxygen atoms in total. The molecule has 0 saturated carbocycles. The zero-order valence-corrected chi connectivity index (χ0v) is 13.6. The third kappa shape index (κ3) is 3.79. The van der Waals surface area contributed by atoms with E-state index in [1.165, 1.54) is 0 Å². The molecule has 0 saturated heterocycles. The zero-order chi connectivity index (χ0) is 16.8. The van der Waals surface area contributed by atoms with Crippen LogP contribution in [0.25, 0.3) is 11.1 Å². The number of hydrogen-bond acceptors (Lipinski definition) is 5. The van der Waals surface area contributed by atoms with Gasteiger partial charge in [0.15, 0.2) is 0 Å². The maximum Gasteiger partial charge on any atom is 0.316 e. The van der Waals surface area contributed by atoms with Crippen LogP contribution in [0, 0.1) is 32.8 Å². The van der Waals surface area contributed by atoms with Gasteiger partial charge in [0.1, 0.15) is 12.7 Å². The molecule has 1 aromatic carbocycles. The molecule has 0 aliphatic carbocycles. The van der Waals surface area contributed by atoms with Gasteiger partial charge in [-0.3, -0.25) is 0 Å². The van der Waals surface area contributed by atoms with Crippen LogP contribution in [0.1, 0.15) is 28.9 Å². The molecule has 0 aliphatic rings. The van der Waals surface area contributed by atoms with E-state index in [1.807, 2.05) is 45.1 Å². The highest BCUT2D eigenvalue weighted by Crippen LogP contribution is 2.30. The Hall–Kier alpha value is -2.58. The van der Waals surface area contributed by atoms with Gasteiger partial charge in [-0.05, 0) is 37.5 Å². The number of hydrogen-bond donors (Lipinski definition) is 2. The molecule has 5 heteroatoms. The van der Waals surface area contributed by atoms with E-state index in [2.05, 4.69) is 15.9 Å². The molecule has 2 rings (SSSR count). The number of ether oxygens (including phenoxy) is 1. The van der Waals surface area contributed by atoms with Crippen molar-refractivity contribution in [2.24, 2.45) is 0 Å². The molecule has 0 radical (unpaired) electrons. The summed E-state index contributed by atoms with van der Waals surface area (Å²) in [7, 11) is 0. The second-order valence-corrected chi connectivity index (χ2v) is 5.19. The minimum Gasteiger partial charge on any atom is -0.462 e. The highest BCUT2D eigenvalue weighted by atomic mass is 16.5. The van der Waals surface area contributed by atoms with E-state index in [0.717, 1.165) is 33.6 Å². The summed E-state index contributed by atoms with van der Waals surface area (Å²) >= 11 is 0. The number of nitrogens with zero attached hydrogens (tertiary/aromatic N) is 2. The number of benzene rings is 1. The maximum atomic E-state index is 9.43. The lowest BCUT2D eigenvalue weighted by Gasteiger charge is -2.15. The molecule has 2 aromatic rings. The summed E-state index contributed by atoms with van der Waals surface area (Å²) < 4.78 is 5.46. The average molecular weight is 312 g/mol. The van der Waals surface area contributed by atoms with Crippen molar-refractivity contribution in [1.29, 1.82) is 0 Å². The van der Waals surface area contributed by atoms with Crippen LogP contribution in [0.2, 0.25) is 0 Å². The van der Waals surface area contributed by atoms with Crippen LogP contribution in [0.4, 0.5) is 0 Å². The molecule has 0 amide bonds. The molecule has 0 aliphatic heterocycles. The van der Waals surface area contributed by atoms with Gasteiger partial charge in [-0.25, -0.2) is 0 Å². The topological polar surface area (TPSA) is 75.5 Å². The molecule has 1 heterocycles. The van der Waals surface area contributed by atoms with Crippen LogP contribution in [-0.2, 0) is 6.61 Å². The molecule has 0 spiro atoms. The molecule has 120 valence electrons. The molecule has 1 aromatic heterocycles. The van der Waals surface area contributed by atoms with E-state index in [9.17, 15) is 5.11 Å². The number of aliphatic hydroxyl groups is 2. The van der Waals surface area contributed by atoms with E-state index >= 15 is 0 Å². The quantitative estimate of drug-likeness (QED) is 0.656. The van der Waals surface area contributed by atoms with Crippen molar-refractivity contribution < 1.29 is 14.9 Å². The van der Waals surface area contributed by atoms with Crippen molar-refractivity contribution in [2.45, 2.75) is 33.8 Å². The minimum atomic E-state index is 0.00567. The Morgan fingerprint density at radius 2 is 1.83 bits per heavy atom. The van der Waals surface area contributed by atoms with E-state index in [-0.39, 0.29) is 6.61 Å². The van der Waals surface area contributed by atoms with Crippen LogP contribution >= 0.6 is 0 Å². The first-order chi connectivity index (χ1) is 11.1. The summed E-state index contributed by atoms with van der Waals surface area (Å²) in [6.45, 7) is 6.14. The summed E-state index contributed by atoms with van der Waals surface area (Å²) in [4.78, 5) is 8.80. The Bertz CT molecular complexity index is 738. The zero-order valence-electron chi connectivity index (χ0n) is 13.6. The normalized spacial score (nSPS) is 10.1. The van der Waals surface area contributed by atoms with Crippen LogP contribution in [0.5, 0.6) is 6.01 Å². The maximum absolute atomic E-state index is 9.43. The smallest absolute Gasteiger partial charge is 0.316 e. The SMILES string of the molecule is Cc1nc(OCCC#CO)nc(C)c1-c1cccc(CO)c1C. The van der Waals surface area contributed by atoms with Crippen molar-refractivity contribution in [3.63, 3.8) is 0 Å². The predicted octanol–water partition coefficient (Wildman–Crippen LogP) is 2.66. The van der Waals surface area contributed by atoms with Crippen LogP contribution in [0.3, 0.4) is 0 Å². The van der Waals surface area contributed by atoms with Gasteiger partial charge in [-0.1, -0.05) is 24.1 Å². The molecule has 0 atom stereocenters. The van der Waals surface area contributed by atoms with Crippen molar-refractivity contribution in [2.75, 3.05) is 6.61 Å². The predicted molar refractivity (Wildman–Crippen MR) is 87.4 cm³/mol. The summed E-state index contributed by atoms with van der Waals surface area (Å²) in [5.74, 6) is 2.51. The number of aromatic nitrogens is 2. The fourth-order valence-electron chi connectivity index (χ4n) is 2.51. The Balaban J connectivity index is 2.35. The lowest BCUT2D eigenvalue weighted by Crippen LogP contribution is -2.05. The Morgan fingerprint density at radius 1 is 1.13 bits per heavy atom. The largest absolute Gasteiger partial charge is 0.462 e. The fourth-order valence-corrected chi connectivity index (χ4v) is 2.51. The van der Waals surface area contributed by atoms with E-state index in [4.69, 9.17) is 9.84 Å². The van der Waals surface area contributed by atoms with Crippen LogP contribution < -0.4 is 4.74 Å². The van der Waals surface area contributed by atoms with Crippen molar-refractivity contribution in [3.05, 3.63) is 40.7 Å². The molecule has 23 heavy (non-hydrogen) atoms. The first-order valence-corrected chi connectivity index (χ1v) is 7.38. The molecular weight excluding hydrogens is 292 g/mol. The molecule has 2 N–H and O–H groups in total. The van der Waals surface area contributed by atoms with E-state index < -0.39 is 0 Å². The van der Waals surface area contributed by atoms with Crippen LogP contribution in [-0.4, -0.2) is 26.8 Å². The molecule has 0 unspecified atom stereocenters. The summed E-state index contributed by atoms with van der Waals surface area (Å²) in [6, 6.07) is 6.14. The Morgan fingerprint density at radius 3 is 2.43 bits per heavy atom. The van der Waals surface area contributed by atoms with Crippen molar-refractivity contribution in [3.8, 4) is 29.2 Å². The highest BCUT2D eigenvalue weighted by molar-refractivity contribution is 5.72. The lowest BCUT2D eigenvalue weighted by atomic mass is 9.95. The average Bonchev–Trinajstić information content (AvgIpc) is 2.52. The van der Waals surface area contributed by atoms with Gasteiger partial charge in [0.2, 0.25) is 0 Å². The third-order valence-electron chi connectivity index (χ3n) is 3.67. The van der Waals surface area contributed by atoms with Crippen LogP contribution in [0.15, 0.2) is 18.2 Å². The fraction of sp³-hybridized carbons (Fsp3) is 0.333. The molecular formula is C18H20N2O3. The van der Waals surface area contributed by atoms with Gasteiger partial charge in [-0.15, -0.1) is 0 Å². The van der Waals surface area contributed by atoms with Crippen molar-refractivity contribution >= 4 is 0 Å². The van der Waals surface area contributed by atoms with E-state index in [1.54, 1.807) is 0 Å². The van der Waals surface area contributed by atoms with Gasteiger partial charge in [0.05, 0.1) is 18.0 Å². The third-order valence-corrected chi connectivity index (χ3v) is 3.67. The standard InChI is InChI=1S/C18H20N2O3/c1-12-15(11-22)7-6-8-16(12)17-13(2)19-18(20-14(17)3)23-10-5-4-9-21/h6-8,21-22H,5,10-11H2,1-3H3. The number of aliphatic hydroxyl groups excluding tert-OH is 2. The second-order valence-electron chi connectivity index (χ2n) is 5.19. The Kier molecular flexibility index (Phi) is 5.56. The number of aryl methyl sites for hydroxylation is 2. The monoisotopic (exact) mass is 312 g/mol. The molecule has 0 bridgehead atoms. The summed E-state index contributed by atoms with van der Waals surface area (Å²) in [6.07, 6.45) is 2.25. The van der Waals surface area contributed by atoms with Gasteiger partial charge in [0, 0.05) is 12.0 Å². The van der Waals surface area contributed by atoms with Crippen molar-refractivity contribution in [1.82, 2.24) is 9.97 Å². The number of rotatable bonds is 5. The molecule has 0 fully saturated rings. The first kappa shape index (κ1) is 16.8. The Labute approximate surface area is 136 Å². The lowest BCUT2D eigenvalue weighted by molar-refractivity contribution is 0.281. The van der Waals surface area contributed by atoms with Gasteiger partial charge in [-0.2, -0.15) is 9.97 Å². The highest BCUT2D eigenvalue weighted by Gasteiger charge is 2.14. The summed E-state index contributed by atoms with van der Waals surface area (Å²) in [5.41, 5.74) is 5.53. The summed E-state index contributed by atoms with van der Waals surface area (Å²) in [5, 5.41) is 17.9. The minimum absolute atomic E-state index is 0.00567. The second kappa shape index (κ2) is 7.61. The van der Waals surface area contributed by atoms with E-state index in [0.29, 0.717) is 19.0 Å².